The second-order valence-corrected chi connectivity index (χ2v) is 7.02. The van der Waals surface area contributed by atoms with Crippen LogP contribution in [-0.4, -0.2) is 24.8 Å². The van der Waals surface area contributed by atoms with E-state index in [1.165, 1.54) is 31.2 Å². The van der Waals surface area contributed by atoms with Crippen molar-refractivity contribution in [1.82, 2.24) is 0 Å². The maximum atomic E-state index is 14.0. The van der Waals surface area contributed by atoms with E-state index in [4.69, 9.17) is 4.74 Å². The van der Waals surface area contributed by atoms with Gasteiger partial charge in [0, 0.05) is 11.3 Å². The quantitative estimate of drug-likeness (QED) is 0.437. The zero-order chi connectivity index (χ0) is 20.5. The first-order valence-electron chi connectivity index (χ1n) is 8.04. The van der Waals surface area contributed by atoms with Crippen LogP contribution in [0, 0.1) is 12.7 Å². The fraction of sp³-hybridized carbons (Fsp3) is 0.333. The number of thioether (sulfide) groups is 1. The van der Waals surface area contributed by atoms with Crippen molar-refractivity contribution in [3.8, 4) is 17.2 Å². The van der Waals surface area contributed by atoms with Crippen molar-refractivity contribution in [3.05, 3.63) is 47.3 Å². The molecular weight excluding hydrogens is 410 g/mol. The van der Waals surface area contributed by atoms with Gasteiger partial charge in [-0.15, -0.1) is 20.5 Å². The van der Waals surface area contributed by atoms with Crippen molar-refractivity contribution in [3.63, 3.8) is 0 Å². The van der Waals surface area contributed by atoms with Crippen molar-refractivity contribution >= 4 is 11.8 Å². The van der Waals surface area contributed by atoms with Gasteiger partial charge in [-0.25, -0.2) is 4.39 Å². The van der Waals surface area contributed by atoms with Crippen LogP contribution < -0.4 is 14.2 Å². The summed E-state index contributed by atoms with van der Waals surface area (Å²) in [5.74, 6) is -2.18. The van der Waals surface area contributed by atoms with Gasteiger partial charge in [-0.3, -0.25) is 0 Å². The minimum Gasteiger partial charge on any atom is -0.490 e. The third-order valence-electron chi connectivity index (χ3n) is 3.73. The zero-order valence-electron chi connectivity index (χ0n) is 14.4. The van der Waals surface area contributed by atoms with E-state index in [1.54, 1.807) is 0 Å². The lowest BCUT2D eigenvalue weighted by Gasteiger charge is -2.13. The predicted octanol–water partition coefficient (Wildman–Crippen LogP) is 5.73. The molecule has 0 amide bonds. The van der Waals surface area contributed by atoms with Gasteiger partial charge in [0.15, 0.2) is 23.1 Å². The highest BCUT2D eigenvalue weighted by atomic mass is 32.2. The summed E-state index contributed by atoms with van der Waals surface area (Å²) in [5.41, 5.74) is 0.954. The molecule has 0 saturated carbocycles. The largest absolute Gasteiger partial charge is 0.586 e. The third-order valence-corrected chi connectivity index (χ3v) is 4.96. The smallest absolute Gasteiger partial charge is 0.490 e. The number of hydrogen-bond donors (Lipinski definition) is 0. The molecule has 1 heterocycles. The summed E-state index contributed by atoms with van der Waals surface area (Å²) >= 11 is 0.547. The molecule has 10 heteroatoms. The van der Waals surface area contributed by atoms with Gasteiger partial charge in [-0.2, -0.15) is 13.2 Å². The van der Waals surface area contributed by atoms with Gasteiger partial charge >= 0.3 is 12.5 Å². The minimum atomic E-state index is -4.34. The third kappa shape index (κ3) is 5.18. The van der Waals surface area contributed by atoms with Crippen LogP contribution in [0.1, 0.15) is 11.1 Å². The van der Waals surface area contributed by atoms with Gasteiger partial charge in [0.1, 0.15) is 0 Å². The normalized spacial score (nSPS) is 15.0. The minimum absolute atomic E-state index is 0.0145. The van der Waals surface area contributed by atoms with Crippen molar-refractivity contribution in [1.29, 1.82) is 0 Å². The summed E-state index contributed by atoms with van der Waals surface area (Å²) in [7, 11) is 0. The second-order valence-electron chi connectivity index (χ2n) is 6.00. The van der Waals surface area contributed by atoms with Crippen LogP contribution >= 0.6 is 11.8 Å². The molecule has 28 heavy (non-hydrogen) atoms. The Bertz CT molecular complexity index is 869. The molecule has 1 aliphatic rings. The average molecular weight is 424 g/mol. The van der Waals surface area contributed by atoms with Gasteiger partial charge in [0.2, 0.25) is 0 Å². The van der Waals surface area contributed by atoms with Crippen molar-refractivity contribution in [2.24, 2.45) is 0 Å². The van der Waals surface area contributed by atoms with E-state index in [0.717, 1.165) is 6.07 Å². The van der Waals surface area contributed by atoms with Gasteiger partial charge < -0.3 is 14.2 Å². The highest BCUT2D eigenvalue weighted by Crippen LogP contribution is 2.41. The monoisotopic (exact) mass is 424 g/mol. The van der Waals surface area contributed by atoms with Crippen LogP contribution in [0.4, 0.5) is 26.3 Å². The fourth-order valence-corrected chi connectivity index (χ4v) is 3.28. The van der Waals surface area contributed by atoms with E-state index >= 15 is 0 Å². The molecule has 0 aromatic heterocycles. The van der Waals surface area contributed by atoms with Crippen molar-refractivity contribution in [2.45, 2.75) is 30.7 Å². The lowest BCUT2D eigenvalue weighted by atomic mass is 10.1. The van der Waals surface area contributed by atoms with Gasteiger partial charge in [-0.1, -0.05) is 6.07 Å². The lowest BCUT2D eigenvalue weighted by molar-refractivity contribution is -0.286. The molecule has 0 spiro atoms. The molecule has 0 aliphatic carbocycles. The van der Waals surface area contributed by atoms with E-state index in [0.29, 0.717) is 22.9 Å². The Hall–Kier alpha value is -2.23. The van der Waals surface area contributed by atoms with E-state index in [2.05, 4.69) is 9.47 Å². The first-order valence-corrected chi connectivity index (χ1v) is 9.02. The molecular formula is C18H14F6O3S. The van der Waals surface area contributed by atoms with Gasteiger partial charge in [0.05, 0.1) is 12.4 Å². The number of hydrogen-bond acceptors (Lipinski definition) is 4. The summed E-state index contributed by atoms with van der Waals surface area (Å²) in [4.78, 5) is 0.263. The number of halogens is 6. The van der Waals surface area contributed by atoms with Crippen LogP contribution in [0.5, 0.6) is 17.2 Å². The number of rotatable bonds is 6. The molecule has 1 aliphatic heterocycles. The molecule has 152 valence electrons. The predicted molar refractivity (Wildman–Crippen MR) is 89.8 cm³/mol. The highest BCUT2D eigenvalue weighted by Gasteiger charge is 2.43. The van der Waals surface area contributed by atoms with Crippen LogP contribution in [0.3, 0.4) is 0 Å². The van der Waals surface area contributed by atoms with Crippen LogP contribution in [-0.2, 0) is 6.42 Å². The molecule has 0 bridgehead atoms. The summed E-state index contributed by atoms with van der Waals surface area (Å²) < 4.78 is 91.2. The van der Waals surface area contributed by atoms with E-state index < -0.39 is 24.0 Å². The maximum absolute atomic E-state index is 14.0. The standard InChI is InChI=1S/C18H14F6O3S/c1-10-6-12(19)14(8-16(10)28-9-17(20,21)22)25-5-4-11-2-3-13-15(7-11)27-18(23,24)26-13/h2-3,6-8H,4-5,9H2,1H3. The van der Waals surface area contributed by atoms with Crippen LogP contribution in [0.25, 0.3) is 0 Å². The summed E-state index contributed by atoms with van der Waals surface area (Å²) in [6, 6.07) is 6.54. The Morgan fingerprint density at radius 3 is 2.50 bits per heavy atom. The number of alkyl halides is 5. The number of ether oxygens (including phenoxy) is 3. The van der Waals surface area contributed by atoms with E-state index in [9.17, 15) is 26.3 Å². The Kier molecular flexibility index (Phi) is 5.60. The highest BCUT2D eigenvalue weighted by molar-refractivity contribution is 7.99. The first kappa shape index (κ1) is 20.5. The molecule has 0 saturated heterocycles. The summed E-state index contributed by atoms with van der Waals surface area (Å²) in [5, 5.41) is 0. The van der Waals surface area contributed by atoms with Crippen molar-refractivity contribution in [2.75, 3.05) is 12.4 Å². The average Bonchev–Trinajstić information content (AvgIpc) is 2.88. The van der Waals surface area contributed by atoms with Crippen molar-refractivity contribution < 1.29 is 40.6 Å². The molecule has 0 unspecified atom stereocenters. The molecule has 2 aromatic rings. The van der Waals surface area contributed by atoms with Gasteiger partial charge in [-0.05, 0) is 42.3 Å². The Labute approximate surface area is 160 Å². The van der Waals surface area contributed by atoms with Crippen LogP contribution in [0.2, 0.25) is 0 Å². The number of aryl methyl sites for hydroxylation is 1. The molecule has 0 fully saturated rings. The fourth-order valence-electron chi connectivity index (χ4n) is 2.49. The van der Waals surface area contributed by atoms with E-state index in [1.807, 2.05) is 0 Å². The molecule has 3 nitrogen and oxygen atoms in total. The molecule has 0 radical (unpaired) electrons. The van der Waals surface area contributed by atoms with Gasteiger partial charge in [0.25, 0.3) is 0 Å². The molecule has 2 aromatic carbocycles. The first-order chi connectivity index (χ1) is 13.0. The summed E-state index contributed by atoms with van der Waals surface area (Å²) in [6.07, 6.45) is -7.82. The molecule has 3 rings (SSSR count). The zero-order valence-corrected chi connectivity index (χ0v) is 15.2. The van der Waals surface area contributed by atoms with E-state index in [-0.39, 0.29) is 35.2 Å². The second kappa shape index (κ2) is 7.65. The topological polar surface area (TPSA) is 27.7 Å². The number of benzene rings is 2. The number of fused-ring (bicyclic) bond motifs is 1. The molecule has 0 N–H and O–H groups in total. The molecule has 0 atom stereocenters. The lowest BCUT2D eigenvalue weighted by Crippen LogP contribution is -2.25. The Morgan fingerprint density at radius 1 is 1.07 bits per heavy atom. The SMILES string of the molecule is Cc1cc(F)c(OCCc2ccc3c(c2)OC(F)(F)O3)cc1SCC(F)(F)F. The summed E-state index contributed by atoms with van der Waals surface area (Å²) in [6.45, 7) is 1.49. The maximum Gasteiger partial charge on any atom is 0.586 e. The Balaban J connectivity index is 1.62. The Morgan fingerprint density at radius 2 is 1.79 bits per heavy atom. The van der Waals surface area contributed by atoms with Crippen LogP contribution in [0.15, 0.2) is 35.2 Å².